The van der Waals surface area contributed by atoms with Crippen LogP contribution in [-0.4, -0.2) is 48.3 Å². The zero-order chi connectivity index (χ0) is 21.4. The minimum absolute atomic E-state index is 0.0240. The largest absolute Gasteiger partial charge is 0.459 e. The van der Waals surface area contributed by atoms with E-state index in [1.807, 2.05) is 0 Å². The van der Waals surface area contributed by atoms with Crippen molar-refractivity contribution < 1.29 is 18.8 Å². The molecule has 0 aromatic carbocycles. The van der Waals surface area contributed by atoms with Gasteiger partial charge in [0.2, 0.25) is 11.8 Å². The lowest BCUT2D eigenvalue weighted by atomic mass is 9.49. The van der Waals surface area contributed by atoms with Crippen LogP contribution in [0.3, 0.4) is 0 Å². The Kier molecular flexibility index (Phi) is 5.52. The van der Waals surface area contributed by atoms with Gasteiger partial charge in [0.1, 0.15) is 0 Å². The number of hydrogen-bond acceptors (Lipinski definition) is 4. The van der Waals surface area contributed by atoms with Crippen LogP contribution < -0.4 is 10.6 Å². The smallest absolute Gasteiger partial charge is 0.289 e. The maximum absolute atomic E-state index is 12.6. The van der Waals surface area contributed by atoms with E-state index in [0.29, 0.717) is 38.1 Å². The molecule has 168 valence electrons. The highest BCUT2D eigenvalue weighted by atomic mass is 16.3. The topological polar surface area (TPSA) is 91.7 Å². The first-order valence-electron chi connectivity index (χ1n) is 11.9. The SMILES string of the molecule is O=C(CC12CC3CC(CC(C3)C1)C2)NCC(=O)NC1CCN(C(=O)c2ccco2)CC1. The van der Waals surface area contributed by atoms with Crippen LogP contribution in [0.2, 0.25) is 0 Å². The molecule has 1 saturated heterocycles. The van der Waals surface area contributed by atoms with Gasteiger partial charge in [0.05, 0.1) is 12.8 Å². The second-order valence-corrected chi connectivity index (χ2v) is 10.5. The zero-order valence-electron chi connectivity index (χ0n) is 18.1. The summed E-state index contributed by atoms with van der Waals surface area (Å²) in [5.41, 5.74) is 0.197. The van der Waals surface area contributed by atoms with E-state index < -0.39 is 0 Å². The van der Waals surface area contributed by atoms with Crippen molar-refractivity contribution in [2.24, 2.45) is 23.2 Å². The van der Waals surface area contributed by atoms with Crippen LogP contribution in [0.15, 0.2) is 22.8 Å². The molecular formula is C24H33N3O4. The van der Waals surface area contributed by atoms with Crippen molar-refractivity contribution in [3.05, 3.63) is 24.2 Å². The maximum atomic E-state index is 12.6. The lowest BCUT2D eigenvalue weighted by Gasteiger charge is -2.56. The van der Waals surface area contributed by atoms with Crippen LogP contribution in [0.1, 0.15) is 68.3 Å². The highest BCUT2D eigenvalue weighted by Crippen LogP contribution is 2.61. The highest BCUT2D eigenvalue weighted by Gasteiger charge is 2.51. The van der Waals surface area contributed by atoms with Gasteiger partial charge in [-0.05, 0) is 86.7 Å². The van der Waals surface area contributed by atoms with Crippen molar-refractivity contribution in [3.63, 3.8) is 0 Å². The fourth-order valence-corrected chi connectivity index (χ4v) is 7.15. The van der Waals surface area contributed by atoms with Gasteiger partial charge >= 0.3 is 0 Å². The first-order valence-corrected chi connectivity index (χ1v) is 11.9. The molecule has 0 unspecified atom stereocenters. The number of nitrogens with zero attached hydrogens (tertiary/aromatic N) is 1. The van der Waals surface area contributed by atoms with E-state index in [1.165, 1.54) is 44.8 Å². The minimum Gasteiger partial charge on any atom is -0.459 e. The molecule has 0 radical (unpaired) electrons. The van der Waals surface area contributed by atoms with Crippen molar-refractivity contribution in [2.45, 2.75) is 63.8 Å². The average molecular weight is 428 g/mol. The quantitative estimate of drug-likeness (QED) is 0.730. The Balaban J connectivity index is 1.03. The Morgan fingerprint density at radius 1 is 1.00 bits per heavy atom. The molecule has 3 amide bonds. The van der Waals surface area contributed by atoms with Gasteiger partial charge in [0, 0.05) is 25.6 Å². The molecule has 5 aliphatic rings. The number of carbonyl (C=O) groups excluding carboxylic acids is 3. The summed E-state index contributed by atoms with van der Waals surface area (Å²) in [5, 5.41) is 5.88. The summed E-state index contributed by atoms with van der Waals surface area (Å²) < 4.78 is 5.18. The van der Waals surface area contributed by atoms with E-state index >= 15 is 0 Å². The summed E-state index contributed by atoms with van der Waals surface area (Å²) in [7, 11) is 0. The molecule has 6 rings (SSSR count). The van der Waals surface area contributed by atoms with Crippen molar-refractivity contribution in [1.29, 1.82) is 0 Å². The predicted molar refractivity (Wildman–Crippen MR) is 114 cm³/mol. The molecule has 4 aliphatic carbocycles. The van der Waals surface area contributed by atoms with E-state index in [-0.39, 0.29) is 35.7 Å². The summed E-state index contributed by atoms with van der Waals surface area (Å²) in [6.07, 6.45) is 11.2. The van der Waals surface area contributed by atoms with E-state index in [0.717, 1.165) is 17.8 Å². The molecular weight excluding hydrogens is 394 g/mol. The van der Waals surface area contributed by atoms with Crippen LogP contribution in [0.5, 0.6) is 0 Å². The normalized spacial score (nSPS) is 32.1. The Morgan fingerprint density at radius 2 is 1.65 bits per heavy atom. The third-order valence-corrected chi connectivity index (χ3v) is 8.03. The predicted octanol–water partition coefficient (Wildman–Crippen LogP) is 2.72. The van der Waals surface area contributed by atoms with E-state index in [1.54, 1.807) is 17.0 Å². The fourth-order valence-electron chi connectivity index (χ4n) is 7.15. The van der Waals surface area contributed by atoms with Crippen molar-refractivity contribution in [2.75, 3.05) is 19.6 Å². The molecule has 2 heterocycles. The van der Waals surface area contributed by atoms with E-state index in [4.69, 9.17) is 4.42 Å². The third kappa shape index (κ3) is 4.51. The minimum atomic E-state index is -0.144. The van der Waals surface area contributed by atoms with Crippen molar-refractivity contribution in [3.8, 4) is 0 Å². The molecule has 7 heteroatoms. The number of hydrogen-bond donors (Lipinski definition) is 2. The van der Waals surface area contributed by atoms with Crippen LogP contribution in [0.25, 0.3) is 0 Å². The molecule has 1 aliphatic heterocycles. The number of nitrogens with one attached hydrogen (secondary N) is 2. The van der Waals surface area contributed by atoms with Gasteiger partial charge in [-0.2, -0.15) is 0 Å². The first kappa shape index (κ1) is 20.6. The van der Waals surface area contributed by atoms with Crippen LogP contribution in [-0.2, 0) is 9.59 Å². The van der Waals surface area contributed by atoms with Crippen molar-refractivity contribution in [1.82, 2.24) is 15.5 Å². The van der Waals surface area contributed by atoms with Crippen molar-refractivity contribution >= 4 is 17.7 Å². The number of likely N-dealkylation sites (tertiary alicyclic amines) is 1. The monoisotopic (exact) mass is 427 g/mol. The van der Waals surface area contributed by atoms with Gasteiger partial charge in [0.25, 0.3) is 5.91 Å². The van der Waals surface area contributed by atoms with Gasteiger partial charge < -0.3 is 20.0 Å². The standard InChI is InChI=1S/C24H33N3O4/c28-21(14-24-11-16-8-17(12-24)10-18(9-16)13-24)25-15-22(29)26-19-3-5-27(6-4-19)23(30)20-2-1-7-31-20/h1-2,7,16-19H,3-6,8-15H2,(H,25,28)(H,26,29). The van der Waals surface area contributed by atoms with Crippen LogP contribution in [0.4, 0.5) is 0 Å². The number of rotatable bonds is 6. The molecule has 4 bridgehead atoms. The Hall–Kier alpha value is -2.31. The fraction of sp³-hybridized carbons (Fsp3) is 0.708. The molecule has 1 aromatic rings. The summed E-state index contributed by atoms with van der Waals surface area (Å²) in [6.45, 7) is 1.21. The zero-order valence-corrected chi connectivity index (χ0v) is 18.1. The van der Waals surface area contributed by atoms with Gasteiger partial charge in [0.15, 0.2) is 5.76 Å². The van der Waals surface area contributed by atoms with Gasteiger partial charge in [-0.15, -0.1) is 0 Å². The molecule has 7 nitrogen and oxygen atoms in total. The highest BCUT2D eigenvalue weighted by molar-refractivity contribution is 5.91. The molecule has 2 N–H and O–H groups in total. The second-order valence-electron chi connectivity index (χ2n) is 10.5. The van der Waals surface area contributed by atoms with Crippen LogP contribution >= 0.6 is 0 Å². The number of carbonyl (C=O) groups is 3. The maximum Gasteiger partial charge on any atom is 0.289 e. The molecule has 0 atom stereocenters. The Bertz CT molecular complexity index is 791. The summed E-state index contributed by atoms with van der Waals surface area (Å²) >= 11 is 0. The lowest BCUT2D eigenvalue weighted by molar-refractivity contribution is -0.132. The molecule has 0 spiro atoms. The molecule has 31 heavy (non-hydrogen) atoms. The molecule has 4 saturated carbocycles. The van der Waals surface area contributed by atoms with Gasteiger partial charge in [-0.3, -0.25) is 14.4 Å². The Morgan fingerprint density at radius 3 is 2.23 bits per heavy atom. The second kappa shape index (κ2) is 8.32. The third-order valence-electron chi connectivity index (χ3n) is 8.03. The number of amides is 3. The summed E-state index contributed by atoms with van der Waals surface area (Å²) in [6, 6.07) is 3.41. The molecule has 1 aromatic heterocycles. The Labute approximate surface area is 183 Å². The average Bonchev–Trinajstić information content (AvgIpc) is 3.26. The van der Waals surface area contributed by atoms with Gasteiger partial charge in [-0.1, -0.05) is 0 Å². The summed E-state index contributed by atoms with van der Waals surface area (Å²) in [4.78, 5) is 39.1. The van der Waals surface area contributed by atoms with Crippen LogP contribution in [0, 0.1) is 23.2 Å². The van der Waals surface area contributed by atoms with E-state index in [2.05, 4.69) is 10.6 Å². The first-order chi connectivity index (χ1) is 15.0. The molecule has 5 fully saturated rings. The lowest BCUT2D eigenvalue weighted by Crippen LogP contribution is -2.50. The number of furan rings is 1. The number of piperidine rings is 1. The van der Waals surface area contributed by atoms with Gasteiger partial charge in [-0.25, -0.2) is 0 Å². The summed E-state index contributed by atoms with van der Waals surface area (Å²) in [5.74, 6) is 2.61. The van der Waals surface area contributed by atoms with E-state index in [9.17, 15) is 14.4 Å².